The molecular weight excluding hydrogens is 386 g/mol. The molecule has 2 amide bonds. The fraction of sp³-hybridized carbons (Fsp3) is 0.524. The average molecular weight is 416 g/mol. The third kappa shape index (κ3) is 6.90. The SMILES string of the molecule is Cc1ccccc1NC(=O)c1nnc(CCCC(=O)NCCN2CCCCC2)s1. The normalized spacial score (nSPS) is 14.5. The lowest BCUT2D eigenvalue weighted by Gasteiger charge is -2.26. The van der Waals surface area contributed by atoms with E-state index in [1.807, 2.05) is 31.2 Å². The average Bonchev–Trinajstić information content (AvgIpc) is 3.20. The Morgan fingerprint density at radius 3 is 2.72 bits per heavy atom. The number of aryl methyl sites for hydroxylation is 2. The topological polar surface area (TPSA) is 87.2 Å². The van der Waals surface area contributed by atoms with E-state index in [2.05, 4.69) is 25.7 Å². The summed E-state index contributed by atoms with van der Waals surface area (Å²) in [7, 11) is 0. The molecule has 156 valence electrons. The number of aromatic nitrogens is 2. The molecule has 0 saturated carbocycles. The van der Waals surface area contributed by atoms with Crippen molar-refractivity contribution in [3.05, 3.63) is 39.8 Å². The van der Waals surface area contributed by atoms with Crippen LogP contribution in [0.25, 0.3) is 0 Å². The summed E-state index contributed by atoms with van der Waals surface area (Å²) in [6, 6.07) is 7.61. The van der Waals surface area contributed by atoms with Crippen molar-refractivity contribution in [3.63, 3.8) is 0 Å². The lowest BCUT2D eigenvalue weighted by Crippen LogP contribution is -2.37. The number of piperidine rings is 1. The zero-order valence-electron chi connectivity index (χ0n) is 16.9. The second-order valence-electron chi connectivity index (χ2n) is 7.38. The number of amides is 2. The molecule has 2 heterocycles. The van der Waals surface area contributed by atoms with Crippen LogP contribution in [0.5, 0.6) is 0 Å². The molecule has 2 N–H and O–H groups in total. The van der Waals surface area contributed by atoms with Crippen LogP contribution in [0.2, 0.25) is 0 Å². The van der Waals surface area contributed by atoms with Crippen molar-refractivity contribution < 1.29 is 9.59 Å². The van der Waals surface area contributed by atoms with E-state index < -0.39 is 0 Å². The molecule has 3 rings (SSSR count). The number of carbonyl (C=O) groups is 2. The highest BCUT2D eigenvalue weighted by atomic mass is 32.1. The van der Waals surface area contributed by atoms with E-state index in [4.69, 9.17) is 0 Å². The molecular formula is C21H29N5O2S. The van der Waals surface area contributed by atoms with Gasteiger partial charge in [-0.25, -0.2) is 0 Å². The Labute approximate surface area is 175 Å². The Bertz CT molecular complexity index is 817. The quantitative estimate of drug-likeness (QED) is 0.657. The third-order valence-corrected chi connectivity index (χ3v) is 6.03. The van der Waals surface area contributed by atoms with E-state index in [1.54, 1.807) is 0 Å². The minimum absolute atomic E-state index is 0.0732. The Morgan fingerprint density at radius 1 is 1.14 bits per heavy atom. The number of hydrogen-bond acceptors (Lipinski definition) is 6. The van der Waals surface area contributed by atoms with Crippen molar-refractivity contribution in [1.29, 1.82) is 0 Å². The Kier molecular flexibility index (Phi) is 8.13. The number of para-hydroxylation sites is 1. The van der Waals surface area contributed by atoms with E-state index in [9.17, 15) is 9.59 Å². The maximum Gasteiger partial charge on any atom is 0.286 e. The number of hydrogen-bond donors (Lipinski definition) is 2. The lowest BCUT2D eigenvalue weighted by molar-refractivity contribution is -0.121. The highest BCUT2D eigenvalue weighted by Gasteiger charge is 2.14. The Morgan fingerprint density at radius 2 is 1.93 bits per heavy atom. The van der Waals surface area contributed by atoms with Crippen molar-refractivity contribution in [2.45, 2.75) is 45.4 Å². The van der Waals surface area contributed by atoms with Crippen molar-refractivity contribution in [2.24, 2.45) is 0 Å². The van der Waals surface area contributed by atoms with Crippen molar-refractivity contribution in [1.82, 2.24) is 20.4 Å². The molecule has 2 aromatic rings. The number of nitrogens with zero attached hydrogens (tertiary/aromatic N) is 3. The van der Waals surface area contributed by atoms with Crippen molar-refractivity contribution in [2.75, 3.05) is 31.5 Å². The lowest BCUT2D eigenvalue weighted by atomic mass is 10.1. The van der Waals surface area contributed by atoms with Gasteiger partial charge in [-0.2, -0.15) is 0 Å². The molecule has 1 aromatic heterocycles. The first kappa shape index (κ1) is 21.4. The molecule has 0 bridgehead atoms. The second kappa shape index (κ2) is 11.0. The van der Waals surface area contributed by atoms with Gasteiger partial charge >= 0.3 is 0 Å². The van der Waals surface area contributed by atoms with Crippen molar-refractivity contribution >= 4 is 28.8 Å². The van der Waals surface area contributed by atoms with Crippen LogP contribution in [0.1, 0.15) is 52.5 Å². The monoisotopic (exact) mass is 415 g/mol. The fourth-order valence-electron chi connectivity index (χ4n) is 3.36. The number of likely N-dealkylation sites (tertiary alicyclic amines) is 1. The number of rotatable bonds is 9. The van der Waals surface area contributed by atoms with Gasteiger partial charge in [0.15, 0.2) is 0 Å². The summed E-state index contributed by atoms with van der Waals surface area (Å²) in [5.74, 6) is -0.178. The summed E-state index contributed by atoms with van der Waals surface area (Å²) in [5, 5.41) is 15.1. The van der Waals surface area contributed by atoms with Crippen molar-refractivity contribution in [3.8, 4) is 0 Å². The number of carbonyl (C=O) groups excluding carboxylic acids is 2. The van der Waals surface area contributed by atoms with Gasteiger partial charge in [0.25, 0.3) is 5.91 Å². The summed E-state index contributed by atoms with van der Waals surface area (Å²) < 4.78 is 0. The van der Waals surface area contributed by atoms with Crippen LogP contribution in [-0.4, -0.2) is 53.1 Å². The highest BCUT2D eigenvalue weighted by Crippen LogP contribution is 2.17. The molecule has 0 spiro atoms. The van der Waals surface area contributed by atoms with Gasteiger partial charge in [-0.05, 0) is 50.9 Å². The van der Waals surface area contributed by atoms with Crippen LogP contribution in [0.4, 0.5) is 5.69 Å². The Hall–Kier alpha value is -2.32. The molecule has 29 heavy (non-hydrogen) atoms. The zero-order valence-corrected chi connectivity index (χ0v) is 17.8. The highest BCUT2D eigenvalue weighted by molar-refractivity contribution is 7.13. The molecule has 1 aromatic carbocycles. The summed E-state index contributed by atoms with van der Waals surface area (Å²) in [6.07, 6.45) is 5.66. The maximum atomic E-state index is 12.3. The summed E-state index contributed by atoms with van der Waals surface area (Å²) >= 11 is 1.28. The van der Waals surface area contributed by atoms with E-state index in [0.717, 1.165) is 35.9 Å². The van der Waals surface area contributed by atoms with Gasteiger partial charge in [-0.3, -0.25) is 9.59 Å². The molecule has 1 aliphatic heterocycles. The molecule has 1 aliphatic rings. The number of anilines is 1. The van der Waals surface area contributed by atoms with Gasteiger partial charge in [0.2, 0.25) is 10.9 Å². The van der Waals surface area contributed by atoms with Gasteiger partial charge in [-0.15, -0.1) is 10.2 Å². The Balaban J connectivity index is 1.35. The first-order chi connectivity index (χ1) is 14.1. The van der Waals surface area contributed by atoms with Gasteiger partial charge in [0.1, 0.15) is 5.01 Å². The second-order valence-corrected chi connectivity index (χ2v) is 8.44. The molecule has 1 saturated heterocycles. The molecule has 0 radical (unpaired) electrons. The largest absolute Gasteiger partial charge is 0.355 e. The summed E-state index contributed by atoms with van der Waals surface area (Å²) in [5.41, 5.74) is 1.77. The van der Waals surface area contributed by atoms with E-state index in [1.165, 1.54) is 30.6 Å². The summed E-state index contributed by atoms with van der Waals surface area (Å²) in [6.45, 7) is 5.88. The third-order valence-electron chi connectivity index (χ3n) is 5.05. The van der Waals surface area contributed by atoms with Crippen LogP contribution >= 0.6 is 11.3 Å². The minimum atomic E-state index is -0.251. The molecule has 8 heteroatoms. The first-order valence-corrected chi connectivity index (χ1v) is 11.1. The minimum Gasteiger partial charge on any atom is -0.355 e. The predicted molar refractivity (Wildman–Crippen MR) is 115 cm³/mol. The smallest absolute Gasteiger partial charge is 0.286 e. The molecule has 0 atom stereocenters. The first-order valence-electron chi connectivity index (χ1n) is 10.3. The number of nitrogens with one attached hydrogen (secondary N) is 2. The maximum absolute atomic E-state index is 12.3. The molecule has 7 nitrogen and oxygen atoms in total. The van der Waals surface area contributed by atoms with Crippen LogP contribution in [0, 0.1) is 6.92 Å². The number of benzene rings is 1. The van der Waals surface area contributed by atoms with Gasteiger partial charge in [-0.1, -0.05) is 36.0 Å². The van der Waals surface area contributed by atoms with Gasteiger partial charge in [0.05, 0.1) is 0 Å². The van der Waals surface area contributed by atoms with Crippen LogP contribution in [0.15, 0.2) is 24.3 Å². The van der Waals surface area contributed by atoms with Crippen LogP contribution in [-0.2, 0) is 11.2 Å². The zero-order chi connectivity index (χ0) is 20.5. The van der Waals surface area contributed by atoms with E-state index in [0.29, 0.717) is 30.8 Å². The van der Waals surface area contributed by atoms with Crippen LogP contribution in [0.3, 0.4) is 0 Å². The molecule has 0 unspecified atom stereocenters. The fourth-order valence-corrected chi connectivity index (χ4v) is 4.14. The van der Waals surface area contributed by atoms with E-state index in [-0.39, 0.29) is 11.8 Å². The van der Waals surface area contributed by atoms with Gasteiger partial charge in [0, 0.05) is 31.6 Å². The molecule has 1 fully saturated rings. The summed E-state index contributed by atoms with van der Waals surface area (Å²) in [4.78, 5) is 26.7. The van der Waals surface area contributed by atoms with Gasteiger partial charge < -0.3 is 15.5 Å². The molecule has 0 aliphatic carbocycles. The van der Waals surface area contributed by atoms with E-state index >= 15 is 0 Å². The standard InChI is InChI=1S/C21H29N5O2S/c1-16-8-3-4-9-17(16)23-20(28)21-25-24-19(29-21)11-7-10-18(27)22-12-15-26-13-5-2-6-14-26/h3-4,8-9H,2,5-7,10-15H2,1H3,(H,22,27)(H,23,28). The van der Waals surface area contributed by atoms with Crippen LogP contribution < -0.4 is 10.6 Å². The predicted octanol–water partition coefficient (Wildman–Crippen LogP) is 3.02.